The summed E-state index contributed by atoms with van der Waals surface area (Å²) in [5.41, 5.74) is 0.617. The van der Waals surface area contributed by atoms with Crippen molar-refractivity contribution in [2.75, 3.05) is 19.6 Å². The fourth-order valence-corrected chi connectivity index (χ4v) is 2.69. The summed E-state index contributed by atoms with van der Waals surface area (Å²) >= 11 is 1.63. The fraction of sp³-hybridized carbons (Fsp3) is 0.706. The van der Waals surface area contributed by atoms with E-state index in [1.165, 1.54) is 0 Å². The molecule has 0 aromatic carbocycles. The van der Waals surface area contributed by atoms with Crippen LogP contribution >= 0.6 is 11.3 Å². The molecule has 0 saturated carbocycles. The van der Waals surface area contributed by atoms with E-state index in [0.29, 0.717) is 31.5 Å². The molecule has 0 aliphatic carbocycles. The van der Waals surface area contributed by atoms with Gasteiger partial charge < -0.3 is 20.7 Å². The smallest absolute Gasteiger partial charge is 0.407 e. The maximum atomic E-state index is 11.6. The number of nitrogens with zero attached hydrogens (tertiary/aromatic N) is 2. The summed E-state index contributed by atoms with van der Waals surface area (Å²) in [4.78, 5) is 20.7. The topological polar surface area (TPSA) is 87.6 Å². The van der Waals surface area contributed by atoms with E-state index >= 15 is 0 Å². The monoisotopic (exact) mass is 369 g/mol. The quantitative estimate of drug-likeness (QED) is 0.391. The molecule has 1 heterocycles. The Labute approximate surface area is 154 Å². The van der Waals surface area contributed by atoms with Crippen LogP contribution in [0, 0.1) is 0 Å². The first-order valence-corrected chi connectivity index (χ1v) is 9.52. The van der Waals surface area contributed by atoms with Gasteiger partial charge in [-0.2, -0.15) is 0 Å². The molecule has 0 unspecified atom stereocenters. The van der Waals surface area contributed by atoms with Crippen LogP contribution in [0.3, 0.4) is 0 Å². The molecule has 8 heteroatoms. The number of guanidine groups is 1. The molecule has 7 nitrogen and oxygen atoms in total. The Morgan fingerprint density at radius 2 is 1.96 bits per heavy atom. The molecule has 1 rings (SSSR count). The first kappa shape index (κ1) is 21.2. The molecule has 0 atom stereocenters. The number of carbonyl (C=O) groups is 1. The van der Waals surface area contributed by atoms with Crippen LogP contribution in [-0.4, -0.2) is 42.3 Å². The summed E-state index contributed by atoms with van der Waals surface area (Å²) in [6, 6.07) is 0. The normalized spacial score (nSPS) is 12.2. The predicted molar refractivity (Wildman–Crippen MR) is 103 cm³/mol. The Balaban J connectivity index is 2.41. The lowest BCUT2D eigenvalue weighted by Gasteiger charge is -2.19. The molecule has 0 spiro atoms. The van der Waals surface area contributed by atoms with Gasteiger partial charge in [-0.3, -0.25) is 0 Å². The second kappa shape index (κ2) is 10.2. The molecule has 0 radical (unpaired) electrons. The van der Waals surface area contributed by atoms with Crippen molar-refractivity contribution in [2.45, 2.75) is 59.6 Å². The van der Waals surface area contributed by atoms with E-state index in [0.717, 1.165) is 17.2 Å². The van der Waals surface area contributed by atoms with E-state index in [1.807, 2.05) is 27.7 Å². The third kappa shape index (κ3) is 9.28. The first-order chi connectivity index (χ1) is 11.7. The molecular weight excluding hydrogens is 338 g/mol. The van der Waals surface area contributed by atoms with Crippen molar-refractivity contribution in [1.29, 1.82) is 0 Å². The number of alkyl carbamates (subject to hydrolysis) is 1. The van der Waals surface area contributed by atoms with Crippen LogP contribution in [0.25, 0.3) is 0 Å². The van der Waals surface area contributed by atoms with Crippen LogP contribution in [-0.2, 0) is 11.3 Å². The minimum Gasteiger partial charge on any atom is -0.444 e. The van der Waals surface area contributed by atoms with E-state index in [1.54, 1.807) is 11.3 Å². The van der Waals surface area contributed by atoms with Gasteiger partial charge >= 0.3 is 6.09 Å². The van der Waals surface area contributed by atoms with Gasteiger partial charge in [0.2, 0.25) is 0 Å². The minimum atomic E-state index is -0.490. The standard InChI is InChI=1S/C17H31N5O2S/c1-7-18-15(19-8-9-20-16(23)24-17(4,5)6)21-10-14-22-13(11-25-14)12(2)3/h11-12H,7-10H2,1-6H3,(H,20,23)(H2,18,19,21). The van der Waals surface area contributed by atoms with Crippen molar-refractivity contribution < 1.29 is 9.53 Å². The number of carbonyl (C=O) groups excluding carboxylic acids is 1. The van der Waals surface area contributed by atoms with Gasteiger partial charge in [0.1, 0.15) is 10.6 Å². The third-order valence-electron chi connectivity index (χ3n) is 2.96. The largest absolute Gasteiger partial charge is 0.444 e. The summed E-state index contributed by atoms with van der Waals surface area (Å²) in [7, 11) is 0. The molecule has 142 valence electrons. The SMILES string of the molecule is CCNC(=NCc1nc(C(C)C)cs1)NCCNC(=O)OC(C)(C)C. The summed E-state index contributed by atoms with van der Waals surface area (Å²) in [5.74, 6) is 1.13. The van der Waals surface area contributed by atoms with Gasteiger partial charge in [0.15, 0.2) is 5.96 Å². The summed E-state index contributed by atoms with van der Waals surface area (Å²) in [6.07, 6.45) is -0.416. The van der Waals surface area contributed by atoms with Crippen LogP contribution < -0.4 is 16.0 Å². The Morgan fingerprint density at radius 1 is 1.28 bits per heavy atom. The molecule has 0 saturated heterocycles. The fourth-order valence-electron chi connectivity index (χ4n) is 1.81. The van der Waals surface area contributed by atoms with Crippen LogP contribution in [0.1, 0.15) is 58.2 Å². The van der Waals surface area contributed by atoms with Crippen LogP contribution in [0.15, 0.2) is 10.4 Å². The van der Waals surface area contributed by atoms with Gasteiger partial charge in [-0.25, -0.2) is 14.8 Å². The van der Waals surface area contributed by atoms with Gasteiger partial charge in [-0.15, -0.1) is 11.3 Å². The summed E-state index contributed by atoms with van der Waals surface area (Å²) in [5, 5.41) is 12.2. The molecule has 0 aliphatic heterocycles. The molecule has 1 aromatic rings. The Kier molecular flexibility index (Phi) is 8.68. The van der Waals surface area contributed by atoms with E-state index in [9.17, 15) is 4.79 Å². The highest BCUT2D eigenvalue weighted by atomic mass is 32.1. The van der Waals surface area contributed by atoms with E-state index in [-0.39, 0.29) is 0 Å². The molecule has 0 fully saturated rings. The van der Waals surface area contributed by atoms with E-state index in [4.69, 9.17) is 4.74 Å². The number of nitrogens with one attached hydrogen (secondary N) is 3. The van der Waals surface area contributed by atoms with Gasteiger partial charge in [0, 0.05) is 25.0 Å². The van der Waals surface area contributed by atoms with Crippen molar-refractivity contribution in [3.8, 4) is 0 Å². The number of aromatic nitrogens is 1. The van der Waals surface area contributed by atoms with Crippen molar-refractivity contribution in [1.82, 2.24) is 20.9 Å². The summed E-state index contributed by atoms with van der Waals surface area (Å²) < 4.78 is 5.19. The zero-order valence-electron chi connectivity index (χ0n) is 16.1. The number of hydrogen-bond donors (Lipinski definition) is 3. The van der Waals surface area contributed by atoms with Crippen molar-refractivity contribution in [2.24, 2.45) is 4.99 Å². The molecule has 0 aliphatic rings. The predicted octanol–water partition coefficient (Wildman–Crippen LogP) is 2.85. The van der Waals surface area contributed by atoms with E-state index < -0.39 is 11.7 Å². The lowest BCUT2D eigenvalue weighted by Crippen LogP contribution is -2.42. The highest BCUT2D eigenvalue weighted by Gasteiger charge is 2.15. The highest BCUT2D eigenvalue weighted by molar-refractivity contribution is 7.09. The molecule has 1 amide bonds. The highest BCUT2D eigenvalue weighted by Crippen LogP contribution is 2.18. The van der Waals surface area contributed by atoms with Gasteiger partial charge in [0.25, 0.3) is 0 Å². The van der Waals surface area contributed by atoms with Gasteiger partial charge in [0.05, 0.1) is 12.2 Å². The maximum Gasteiger partial charge on any atom is 0.407 e. The summed E-state index contributed by atoms with van der Waals surface area (Å²) in [6.45, 7) is 14.1. The number of ether oxygens (including phenoxy) is 1. The van der Waals surface area contributed by atoms with E-state index in [2.05, 4.69) is 45.2 Å². The molecular formula is C17H31N5O2S. The average molecular weight is 370 g/mol. The number of rotatable bonds is 7. The Bertz CT molecular complexity index is 564. The molecule has 1 aromatic heterocycles. The van der Waals surface area contributed by atoms with Crippen molar-refractivity contribution in [3.05, 3.63) is 16.1 Å². The lowest BCUT2D eigenvalue weighted by molar-refractivity contribution is 0.0529. The maximum absolute atomic E-state index is 11.6. The Hall–Kier alpha value is -1.83. The van der Waals surface area contributed by atoms with Crippen LogP contribution in [0.5, 0.6) is 0 Å². The number of aliphatic imine (C=N–C) groups is 1. The molecule has 3 N–H and O–H groups in total. The van der Waals surface area contributed by atoms with Crippen LogP contribution in [0.4, 0.5) is 4.79 Å². The van der Waals surface area contributed by atoms with Crippen LogP contribution in [0.2, 0.25) is 0 Å². The van der Waals surface area contributed by atoms with Crippen molar-refractivity contribution >= 4 is 23.4 Å². The van der Waals surface area contributed by atoms with Gasteiger partial charge in [-0.1, -0.05) is 13.8 Å². The second-order valence-corrected chi connectivity index (χ2v) is 7.81. The van der Waals surface area contributed by atoms with Gasteiger partial charge in [-0.05, 0) is 33.6 Å². The zero-order valence-corrected chi connectivity index (χ0v) is 16.9. The molecule has 0 bridgehead atoms. The Morgan fingerprint density at radius 3 is 2.52 bits per heavy atom. The first-order valence-electron chi connectivity index (χ1n) is 8.64. The minimum absolute atomic E-state index is 0.416. The zero-order chi connectivity index (χ0) is 18.9. The number of thiazole rings is 1. The third-order valence-corrected chi connectivity index (χ3v) is 3.82. The average Bonchev–Trinajstić information content (AvgIpc) is 2.96. The van der Waals surface area contributed by atoms with Crippen molar-refractivity contribution in [3.63, 3.8) is 0 Å². The number of amides is 1. The molecule has 25 heavy (non-hydrogen) atoms. The lowest BCUT2D eigenvalue weighted by atomic mass is 10.2. The number of hydrogen-bond acceptors (Lipinski definition) is 5. The second-order valence-electron chi connectivity index (χ2n) is 6.87.